The second-order valence-electron chi connectivity index (χ2n) is 8.55. The molecule has 0 radical (unpaired) electrons. The summed E-state index contributed by atoms with van der Waals surface area (Å²) in [5.41, 5.74) is 1.64. The average Bonchev–Trinajstić information content (AvgIpc) is 3.31. The summed E-state index contributed by atoms with van der Waals surface area (Å²) in [6.45, 7) is 1.40. The summed E-state index contributed by atoms with van der Waals surface area (Å²) in [6, 6.07) is 17.9. The molecule has 1 amide bonds. The first-order chi connectivity index (χ1) is 16.7. The highest BCUT2D eigenvalue weighted by Gasteiger charge is 2.28. The maximum absolute atomic E-state index is 13.5. The first-order valence-electron chi connectivity index (χ1n) is 11.3. The van der Waals surface area contributed by atoms with E-state index in [-0.39, 0.29) is 26.7 Å². The molecular weight excluding hydrogens is 507 g/mol. The number of carbonyl (C=O) groups is 1. The lowest BCUT2D eigenvalue weighted by molar-refractivity contribution is -0.114. The number of rotatable bonds is 8. The van der Waals surface area contributed by atoms with E-state index in [9.17, 15) is 13.2 Å². The number of aryl methyl sites for hydroxylation is 1. The van der Waals surface area contributed by atoms with Gasteiger partial charge in [-0.3, -0.25) is 9.10 Å². The van der Waals surface area contributed by atoms with Gasteiger partial charge in [-0.2, -0.15) is 0 Å². The standard InChI is InChI=1S/C26H26Cl2N2O4S/c1-18-6-12-25(13-7-18)35(32,33)30(22-15-19(27)14-20(28)16-22)17-26(31)29-21-8-10-24(11-9-21)34-23-4-2-3-5-23/h6-16,23H,2-5,17H2,1H3,(H,29,31). The Labute approximate surface area is 215 Å². The lowest BCUT2D eigenvalue weighted by Crippen LogP contribution is -2.38. The minimum absolute atomic E-state index is 0.0559. The number of nitrogens with zero attached hydrogens (tertiary/aromatic N) is 1. The zero-order valence-corrected chi connectivity index (χ0v) is 21.5. The molecule has 1 aliphatic rings. The first-order valence-corrected chi connectivity index (χ1v) is 13.5. The predicted molar refractivity (Wildman–Crippen MR) is 140 cm³/mol. The van der Waals surface area contributed by atoms with Crippen LogP contribution in [0.15, 0.2) is 71.6 Å². The Morgan fingerprint density at radius 3 is 2.17 bits per heavy atom. The van der Waals surface area contributed by atoms with Crippen molar-refractivity contribution in [1.82, 2.24) is 0 Å². The van der Waals surface area contributed by atoms with Crippen molar-refractivity contribution in [3.8, 4) is 5.75 Å². The highest BCUT2D eigenvalue weighted by atomic mass is 35.5. The molecule has 0 saturated heterocycles. The molecule has 1 fully saturated rings. The minimum atomic E-state index is -4.08. The van der Waals surface area contributed by atoms with Crippen LogP contribution in [-0.4, -0.2) is 27.0 Å². The van der Waals surface area contributed by atoms with Gasteiger partial charge in [-0.25, -0.2) is 8.42 Å². The van der Waals surface area contributed by atoms with Gasteiger partial charge >= 0.3 is 0 Å². The highest BCUT2D eigenvalue weighted by molar-refractivity contribution is 7.92. The summed E-state index contributed by atoms with van der Waals surface area (Å²) < 4.78 is 34.0. The fraction of sp³-hybridized carbons (Fsp3) is 0.269. The molecule has 0 atom stereocenters. The first kappa shape index (κ1) is 25.4. The maximum atomic E-state index is 13.5. The number of hydrogen-bond donors (Lipinski definition) is 1. The summed E-state index contributed by atoms with van der Waals surface area (Å²) in [6.07, 6.45) is 4.70. The summed E-state index contributed by atoms with van der Waals surface area (Å²) in [5, 5.41) is 3.28. The normalized spacial score (nSPS) is 14.0. The van der Waals surface area contributed by atoms with E-state index in [2.05, 4.69) is 5.32 Å². The SMILES string of the molecule is Cc1ccc(S(=O)(=O)N(CC(=O)Nc2ccc(OC3CCCC3)cc2)c2cc(Cl)cc(Cl)c2)cc1. The van der Waals surface area contributed by atoms with E-state index in [1.165, 1.54) is 43.2 Å². The number of hydrogen-bond acceptors (Lipinski definition) is 4. The molecule has 0 bridgehead atoms. The maximum Gasteiger partial charge on any atom is 0.264 e. The van der Waals surface area contributed by atoms with E-state index in [1.807, 2.05) is 6.92 Å². The third-order valence-electron chi connectivity index (χ3n) is 5.77. The Bertz CT molecular complexity index is 1270. The number of nitrogens with one attached hydrogen (secondary N) is 1. The van der Waals surface area contributed by atoms with E-state index in [4.69, 9.17) is 27.9 Å². The van der Waals surface area contributed by atoms with Crippen LogP contribution in [0.2, 0.25) is 10.0 Å². The van der Waals surface area contributed by atoms with Gasteiger partial charge < -0.3 is 10.1 Å². The zero-order chi connectivity index (χ0) is 25.0. The number of halogens is 2. The van der Waals surface area contributed by atoms with Crippen molar-refractivity contribution < 1.29 is 17.9 Å². The van der Waals surface area contributed by atoms with Crippen molar-refractivity contribution in [3.05, 3.63) is 82.3 Å². The van der Waals surface area contributed by atoms with Crippen LogP contribution in [-0.2, 0) is 14.8 Å². The van der Waals surface area contributed by atoms with E-state index in [1.54, 1.807) is 36.4 Å². The molecule has 0 aromatic heterocycles. The molecule has 1 N–H and O–H groups in total. The second kappa shape index (κ2) is 10.9. The Kier molecular flexibility index (Phi) is 7.89. The highest BCUT2D eigenvalue weighted by Crippen LogP contribution is 2.30. The smallest absolute Gasteiger partial charge is 0.264 e. The fourth-order valence-corrected chi connectivity index (χ4v) is 5.90. The van der Waals surface area contributed by atoms with Crippen molar-refractivity contribution in [2.45, 2.75) is 43.6 Å². The molecule has 0 aliphatic heterocycles. The van der Waals surface area contributed by atoms with Gasteiger partial charge in [-0.1, -0.05) is 40.9 Å². The van der Waals surface area contributed by atoms with Crippen LogP contribution in [0, 0.1) is 6.92 Å². The van der Waals surface area contributed by atoms with Crippen LogP contribution in [0.4, 0.5) is 11.4 Å². The van der Waals surface area contributed by atoms with Gasteiger partial charge in [0.25, 0.3) is 10.0 Å². The second-order valence-corrected chi connectivity index (χ2v) is 11.3. The average molecular weight is 533 g/mol. The van der Waals surface area contributed by atoms with Crippen LogP contribution < -0.4 is 14.4 Å². The number of sulfonamides is 1. The molecule has 4 rings (SSSR count). The van der Waals surface area contributed by atoms with E-state index >= 15 is 0 Å². The number of benzene rings is 3. The van der Waals surface area contributed by atoms with Gasteiger partial charge in [-0.15, -0.1) is 0 Å². The van der Waals surface area contributed by atoms with Crippen molar-refractivity contribution >= 4 is 50.5 Å². The predicted octanol–water partition coefficient (Wildman–Crippen LogP) is 6.46. The molecule has 184 valence electrons. The van der Waals surface area contributed by atoms with Gasteiger partial charge in [0.2, 0.25) is 5.91 Å². The molecule has 6 nitrogen and oxygen atoms in total. The van der Waals surface area contributed by atoms with Gasteiger partial charge in [0, 0.05) is 15.7 Å². The molecule has 1 saturated carbocycles. The van der Waals surface area contributed by atoms with E-state index < -0.39 is 22.5 Å². The molecule has 3 aromatic carbocycles. The molecule has 35 heavy (non-hydrogen) atoms. The van der Waals surface area contributed by atoms with Crippen molar-refractivity contribution in [2.75, 3.05) is 16.2 Å². The minimum Gasteiger partial charge on any atom is -0.490 e. The fourth-order valence-electron chi connectivity index (χ4n) is 3.98. The van der Waals surface area contributed by atoms with Crippen LogP contribution in [0.3, 0.4) is 0 Å². The van der Waals surface area contributed by atoms with Crippen LogP contribution in [0.1, 0.15) is 31.2 Å². The lowest BCUT2D eigenvalue weighted by atomic mass is 10.2. The van der Waals surface area contributed by atoms with Gasteiger partial charge in [0.05, 0.1) is 16.7 Å². The number of ether oxygens (including phenoxy) is 1. The molecule has 0 spiro atoms. The summed E-state index contributed by atoms with van der Waals surface area (Å²) in [4.78, 5) is 13.0. The van der Waals surface area contributed by atoms with Crippen molar-refractivity contribution in [3.63, 3.8) is 0 Å². The van der Waals surface area contributed by atoms with Crippen LogP contribution >= 0.6 is 23.2 Å². The van der Waals surface area contributed by atoms with Crippen molar-refractivity contribution in [2.24, 2.45) is 0 Å². The summed E-state index contributed by atoms with van der Waals surface area (Å²) in [5.74, 6) is 0.230. The van der Waals surface area contributed by atoms with Gasteiger partial charge in [0.15, 0.2) is 0 Å². The molecule has 1 aliphatic carbocycles. The van der Waals surface area contributed by atoms with Crippen LogP contribution in [0.25, 0.3) is 0 Å². The topological polar surface area (TPSA) is 75.7 Å². The summed E-state index contributed by atoms with van der Waals surface area (Å²) in [7, 11) is -4.08. The van der Waals surface area contributed by atoms with E-state index in [0.29, 0.717) is 5.69 Å². The largest absolute Gasteiger partial charge is 0.490 e. The number of amides is 1. The molecule has 3 aromatic rings. The molecular formula is C26H26Cl2N2O4S. The van der Waals surface area contributed by atoms with Gasteiger partial charge in [-0.05, 0) is 87.2 Å². The Morgan fingerprint density at radius 1 is 0.971 bits per heavy atom. The zero-order valence-electron chi connectivity index (χ0n) is 19.2. The van der Waals surface area contributed by atoms with E-state index in [0.717, 1.165) is 28.5 Å². The molecule has 9 heteroatoms. The third-order valence-corrected chi connectivity index (χ3v) is 8.00. The lowest BCUT2D eigenvalue weighted by Gasteiger charge is -2.24. The molecule has 0 unspecified atom stereocenters. The van der Waals surface area contributed by atoms with Gasteiger partial charge in [0.1, 0.15) is 12.3 Å². The monoisotopic (exact) mass is 532 g/mol. The molecule has 0 heterocycles. The summed E-state index contributed by atoms with van der Waals surface area (Å²) >= 11 is 12.3. The Morgan fingerprint density at radius 2 is 1.57 bits per heavy atom. The number of anilines is 2. The number of carbonyl (C=O) groups excluding carboxylic acids is 1. The Balaban J connectivity index is 1.54. The Hall–Kier alpha value is -2.74. The quantitative estimate of drug-likeness (QED) is 0.361. The van der Waals surface area contributed by atoms with Crippen molar-refractivity contribution in [1.29, 1.82) is 0 Å². The van der Waals surface area contributed by atoms with Crippen LogP contribution in [0.5, 0.6) is 5.75 Å². The third kappa shape index (κ3) is 6.48.